The summed E-state index contributed by atoms with van der Waals surface area (Å²) in [6.45, 7) is 1.30. The molecule has 1 unspecified atom stereocenters. The highest BCUT2D eigenvalue weighted by atomic mass is 32.1. The zero-order valence-electron chi connectivity index (χ0n) is 9.22. The maximum atomic E-state index is 11.6. The summed E-state index contributed by atoms with van der Waals surface area (Å²) in [5.41, 5.74) is 2.06. The number of methoxy groups -OCH3 is 1. The second-order valence-corrected chi connectivity index (χ2v) is 4.69. The first-order valence-corrected chi connectivity index (χ1v) is 5.78. The lowest BCUT2D eigenvalue weighted by Crippen LogP contribution is -2.24. The quantitative estimate of drug-likeness (QED) is 0.813. The molecule has 1 aromatic rings. The van der Waals surface area contributed by atoms with Gasteiger partial charge in [-0.3, -0.25) is 4.79 Å². The maximum Gasteiger partial charge on any atom is 0.228 e. The fraction of sp³-hybridized carbons (Fsp3) is 0.417. The molecule has 0 bridgehead atoms. The van der Waals surface area contributed by atoms with Gasteiger partial charge in [0.1, 0.15) is 0 Å². The smallest absolute Gasteiger partial charge is 0.228 e. The maximum absolute atomic E-state index is 11.6. The van der Waals surface area contributed by atoms with Crippen molar-refractivity contribution in [1.29, 1.82) is 0 Å². The van der Waals surface area contributed by atoms with E-state index in [9.17, 15) is 4.79 Å². The van der Waals surface area contributed by atoms with Crippen molar-refractivity contribution in [3.63, 3.8) is 0 Å². The lowest BCUT2D eigenvalue weighted by atomic mass is 10.2. The van der Waals surface area contributed by atoms with E-state index in [4.69, 9.17) is 4.74 Å². The van der Waals surface area contributed by atoms with Crippen molar-refractivity contribution < 1.29 is 9.53 Å². The molecule has 1 aliphatic rings. The van der Waals surface area contributed by atoms with Crippen molar-refractivity contribution in [2.45, 2.75) is 18.3 Å². The molecule has 2 rings (SSSR count). The Kier molecular flexibility index (Phi) is 3.51. The van der Waals surface area contributed by atoms with E-state index in [1.165, 1.54) is 0 Å². The van der Waals surface area contributed by atoms with Crippen LogP contribution in [0.3, 0.4) is 0 Å². The third-order valence-corrected chi connectivity index (χ3v) is 3.01. The molecule has 0 N–H and O–H groups in total. The molecule has 0 spiro atoms. The zero-order chi connectivity index (χ0) is 11.5. The van der Waals surface area contributed by atoms with Crippen molar-refractivity contribution in [3.8, 4) is 0 Å². The summed E-state index contributed by atoms with van der Waals surface area (Å²) in [5.74, 6) is 0.152. The van der Waals surface area contributed by atoms with Crippen molar-refractivity contribution in [2.24, 2.45) is 0 Å². The monoisotopic (exact) mass is 237 g/mol. The molecule has 1 amide bonds. The molecule has 1 fully saturated rings. The van der Waals surface area contributed by atoms with E-state index in [1.54, 1.807) is 12.0 Å². The van der Waals surface area contributed by atoms with E-state index < -0.39 is 0 Å². The molecule has 1 aliphatic heterocycles. The lowest BCUT2D eigenvalue weighted by molar-refractivity contribution is -0.117. The molecule has 0 radical (unpaired) electrons. The Labute approximate surface area is 101 Å². The van der Waals surface area contributed by atoms with Crippen molar-refractivity contribution in [1.82, 2.24) is 0 Å². The fourth-order valence-corrected chi connectivity index (χ4v) is 2.20. The normalized spacial score (nSPS) is 20.5. The summed E-state index contributed by atoms with van der Waals surface area (Å²) in [4.78, 5) is 13.4. The summed E-state index contributed by atoms with van der Waals surface area (Å²) in [6, 6.07) is 7.88. The van der Waals surface area contributed by atoms with E-state index >= 15 is 0 Å². The van der Waals surface area contributed by atoms with Crippen molar-refractivity contribution >= 4 is 24.2 Å². The Hall–Kier alpha value is -1.00. The number of carbonyl (C=O) groups is 1. The van der Waals surface area contributed by atoms with Crippen molar-refractivity contribution in [3.05, 3.63) is 29.8 Å². The number of hydrogen-bond acceptors (Lipinski definition) is 3. The summed E-state index contributed by atoms with van der Waals surface area (Å²) >= 11 is 4.33. The van der Waals surface area contributed by atoms with Gasteiger partial charge in [-0.05, 0) is 17.7 Å². The second kappa shape index (κ2) is 4.89. The highest BCUT2D eigenvalue weighted by Crippen LogP contribution is 2.24. The molecule has 1 heterocycles. The zero-order valence-corrected chi connectivity index (χ0v) is 10.1. The molecule has 4 heteroatoms. The minimum atomic E-state index is 0.152. The van der Waals surface area contributed by atoms with Gasteiger partial charge in [0.25, 0.3) is 0 Å². The van der Waals surface area contributed by atoms with Gasteiger partial charge in [-0.2, -0.15) is 12.6 Å². The number of carbonyl (C=O) groups excluding carboxylic acids is 1. The largest absolute Gasteiger partial charge is 0.380 e. The van der Waals surface area contributed by atoms with Crippen LogP contribution in [0.1, 0.15) is 12.0 Å². The van der Waals surface area contributed by atoms with Crippen LogP contribution in [-0.4, -0.2) is 24.8 Å². The number of nitrogens with zero attached hydrogens (tertiary/aromatic N) is 1. The van der Waals surface area contributed by atoms with Gasteiger partial charge >= 0.3 is 0 Å². The topological polar surface area (TPSA) is 29.5 Å². The molecule has 0 saturated carbocycles. The average molecular weight is 237 g/mol. The predicted octanol–water partition coefficient (Wildman–Crippen LogP) is 1.87. The van der Waals surface area contributed by atoms with E-state index in [0.29, 0.717) is 19.6 Å². The van der Waals surface area contributed by atoms with Gasteiger partial charge in [-0.25, -0.2) is 0 Å². The third-order valence-electron chi connectivity index (χ3n) is 2.66. The van der Waals surface area contributed by atoms with Crippen LogP contribution in [0.5, 0.6) is 0 Å². The molecule has 1 atom stereocenters. The van der Waals surface area contributed by atoms with Gasteiger partial charge in [-0.15, -0.1) is 0 Å². The molecule has 3 nitrogen and oxygen atoms in total. The molecule has 86 valence electrons. The molecular weight excluding hydrogens is 222 g/mol. The highest BCUT2D eigenvalue weighted by molar-refractivity contribution is 7.81. The van der Waals surface area contributed by atoms with E-state index in [1.807, 2.05) is 24.3 Å². The number of amides is 1. The van der Waals surface area contributed by atoms with Crippen LogP contribution in [0.2, 0.25) is 0 Å². The van der Waals surface area contributed by atoms with Gasteiger partial charge in [0.05, 0.1) is 6.61 Å². The third kappa shape index (κ3) is 2.39. The van der Waals surface area contributed by atoms with Crippen LogP contribution in [0, 0.1) is 0 Å². The number of rotatable bonds is 3. The minimum absolute atomic E-state index is 0.152. The first-order valence-electron chi connectivity index (χ1n) is 5.27. The standard InChI is InChI=1S/C12H15NO2S/c1-15-8-9-2-4-10(5-3-9)13-7-11(16)6-12(13)14/h2-5,11,16H,6-8H2,1H3. The van der Waals surface area contributed by atoms with Gasteiger partial charge in [0.2, 0.25) is 5.91 Å². The van der Waals surface area contributed by atoms with Crippen LogP contribution >= 0.6 is 12.6 Å². The first-order chi connectivity index (χ1) is 7.70. The highest BCUT2D eigenvalue weighted by Gasteiger charge is 2.27. The first kappa shape index (κ1) is 11.5. The van der Waals surface area contributed by atoms with E-state index in [-0.39, 0.29) is 11.2 Å². The van der Waals surface area contributed by atoms with Gasteiger partial charge in [-0.1, -0.05) is 12.1 Å². The van der Waals surface area contributed by atoms with E-state index in [2.05, 4.69) is 12.6 Å². The summed E-state index contributed by atoms with van der Waals surface area (Å²) in [5, 5.41) is 0.158. The minimum Gasteiger partial charge on any atom is -0.380 e. The fourth-order valence-electron chi connectivity index (χ4n) is 1.88. The van der Waals surface area contributed by atoms with Crippen LogP contribution in [0.25, 0.3) is 0 Å². The molecule has 0 aromatic heterocycles. The summed E-state index contributed by atoms with van der Waals surface area (Å²) in [7, 11) is 1.67. The van der Waals surface area contributed by atoms with Crippen LogP contribution < -0.4 is 4.90 Å². The van der Waals surface area contributed by atoms with E-state index in [0.717, 1.165) is 11.3 Å². The predicted molar refractivity (Wildman–Crippen MR) is 66.9 cm³/mol. The van der Waals surface area contributed by atoms with Crippen LogP contribution in [-0.2, 0) is 16.1 Å². The Bertz CT molecular complexity index is 377. The second-order valence-electron chi connectivity index (χ2n) is 3.96. The van der Waals surface area contributed by atoms with Gasteiger partial charge < -0.3 is 9.64 Å². The van der Waals surface area contributed by atoms with Crippen molar-refractivity contribution in [2.75, 3.05) is 18.6 Å². The average Bonchev–Trinajstić information content (AvgIpc) is 2.59. The number of ether oxygens (including phenoxy) is 1. The summed E-state index contributed by atoms with van der Waals surface area (Å²) < 4.78 is 5.04. The SMILES string of the molecule is COCc1ccc(N2CC(S)CC2=O)cc1. The van der Waals surface area contributed by atoms with Gasteiger partial charge in [0, 0.05) is 31.0 Å². The Morgan fingerprint density at radius 1 is 1.44 bits per heavy atom. The Morgan fingerprint density at radius 2 is 2.12 bits per heavy atom. The number of hydrogen-bond donors (Lipinski definition) is 1. The van der Waals surface area contributed by atoms with Crippen LogP contribution in [0.15, 0.2) is 24.3 Å². The lowest BCUT2D eigenvalue weighted by Gasteiger charge is -2.16. The Morgan fingerprint density at radius 3 is 2.62 bits per heavy atom. The van der Waals surface area contributed by atoms with Crippen LogP contribution in [0.4, 0.5) is 5.69 Å². The molecule has 1 aromatic carbocycles. The summed E-state index contributed by atoms with van der Waals surface area (Å²) in [6.07, 6.45) is 0.531. The Balaban J connectivity index is 2.12. The van der Waals surface area contributed by atoms with Gasteiger partial charge in [0.15, 0.2) is 0 Å². The molecule has 0 aliphatic carbocycles. The number of anilines is 1. The molecular formula is C12H15NO2S. The number of benzene rings is 1. The molecule has 16 heavy (non-hydrogen) atoms. The number of thiol groups is 1. The molecule has 1 saturated heterocycles.